The molecule has 0 spiro atoms. The largest absolute Gasteiger partial charge is 0.481 e. The number of methoxy groups -OCH3 is 1. The highest BCUT2D eigenvalue weighted by molar-refractivity contribution is 7.17. The Hall–Kier alpha value is -2.15. The lowest BCUT2D eigenvalue weighted by Gasteiger charge is -2.23. The van der Waals surface area contributed by atoms with Crippen LogP contribution in [0.4, 0.5) is 5.00 Å². The molecular formula is C21H25NO5S. The highest BCUT2D eigenvalue weighted by Crippen LogP contribution is 2.49. The van der Waals surface area contributed by atoms with Gasteiger partial charge in [-0.25, -0.2) is 4.79 Å². The Kier molecular flexibility index (Phi) is 5.27. The Morgan fingerprint density at radius 3 is 2.43 bits per heavy atom. The molecule has 0 unspecified atom stereocenters. The summed E-state index contributed by atoms with van der Waals surface area (Å²) in [5.74, 6) is -3.08. The van der Waals surface area contributed by atoms with E-state index in [1.54, 1.807) is 0 Å². The molecule has 7 heteroatoms. The summed E-state index contributed by atoms with van der Waals surface area (Å²) in [6.07, 6.45) is 10.7. The molecule has 0 aliphatic heterocycles. The number of carbonyl (C=O) groups excluding carboxylic acids is 2. The second kappa shape index (κ2) is 7.70. The summed E-state index contributed by atoms with van der Waals surface area (Å²) >= 11 is 1.45. The fourth-order valence-electron chi connectivity index (χ4n) is 5.04. The third-order valence-electron chi connectivity index (χ3n) is 6.34. The monoisotopic (exact) mass is 403 g/mol. The molecule has 1 amide bonds. The number of hydrogen-bond acceptors (Lipinski definition) is 5. The Balaban J connectivity index is 1.64. The van der Waals surface area contributed by atoms with Crippen molar-refractivity contribution in [2.75, 3.05) is 12.4 Å². The lowest BCUT2D eigenvalue weighted by atomic mass is 9.82. The molecular weight excluding hydrogens is 378 g/mol. The molecule has 4 rings (SSSR count). The fourth-order valence-corrected chi connectivity index (χ4v) is 6.32. The molecule has 1 fully saturated rings. The predicted molar refractivity (Wildman–Crippen MR) is 106 cm³/mol. The average Bonchev–Trinajstić information content (AvgIpc) is 3.34. The van der Waals surface area contributed by atoms with Crippen LogP contribution in [-0.4, -0.2) is 30.1 Å². The van der Waals surface area contributed by atoms with Gasteiger partial charge < -0.3 is 15.2 Å². The molecule has 1 heterocycles. The Labute approximate surface area is 168 Å². The number of fused-ring (bicyclic) bond motifs is 3. The van der Waals surface area contributed by atoms with Crippen LogP contribution in [0.25, 0.3) is 0 Å². The highest BCUT2D eigenvalue weighted by atomic mass is 32.1. The first kappa shape index (κ1) is 19.2. The molecule has 0 saturated heterocycles. The van der Waals surface area contributed by atoms with Gasteiger partial charge in [0.15, 0.2) is 0 Å². The molecule has 1 aromatic heterocycles. The van der Waals surface area contributed by atoms with Crippen molar-refractivity contribution in [2.24, 2.45) is 23.7 Å². The Morgan fingerprint density at radius 2 is 1.75 bits per heavy atom. The first-order valence-corrected chi connectivity index (χ1v) is 10.8. The zero-order chi connectivity index (χ0) is 19.8. The smallest absolute Gasteiger partial charge is 0.341 e. The van der Waals surface area contributed by atoms with Gasteiger partial charge in [0, 0.05) is 4.88 Å². The number of hydrogen-bond donors (Lipinski definition) is 2. The van der Waals surface area contributed by atoms with E-state index in [1.165, 1.54) is 24.9 Å². The van der Waals surface area contributed by atoms with Crippen LogP contribution in [0.15, 0.2) is 12.2 Å². The summed E-state index contributed by atoms with van der Waals surface area (Å²) in [5.41, 5.74) is 1.46. The molecule has 1 aromatic rings. The minimum atomic E-state index is -0.927. The summed E-state index contributed by atoms with van der Waals surface area (Å²) in [7, 11) is 1.35. The number of rotatable bonds is 4. The van der Waals surface area contributed by atoms with E-state index in [0.29, 0.717) is 17.0 Å². The zero-order valence-electron chi connectivity index (χ0n) is 15.9. The van der Waals surface area contributed by atoms with Crippen LogP contribution < -0.4 is 5.32 Å². The number of nitrogens with one attached hydrogen (secondary N) is 1. The number of anilines is 1. The number of aliphatic carboxylic acids is 1. The molecule has 2 bridgehead atoms. The number of allylic oxidation sites excluding steroid dienone is 2. The number of esters is 1. The molecule has 2 N–H and O–H groups in total. The van der Waals surface area contributed by atoms with E-state index < -0.39 is 23.8 Å². The van der Waals surface area contributed by atoms with Gasteiger partial charge in [0.05, 0.1) is 24.5 Å². The number of ether oxygens (including phenoxy) is 1. The standard InChI is InChI=1S/C21H25NO5S/c1-27-21(26)17-13-6-4-2-3-5-7-14(13)28-19(17)22-18(23)15-11-8-9-12(10-11)16(15)20(24)25/h8-9,11-12,15-16H,2-7,10H2,1H3,(H,22,23)(H,24,25)/t11-,12-,15+,16-/m0/s1. The molecule has 3 aliphatic carbocycles. The van der Waals surface area contributed by atoms with Crippen LogP contribution in [0, 0.1) is 23.7 Å². The summed E-state index contributed by atoms with van der Waals surface area (Å²) in [4.78, 5) is 38.4. The van der Waals surface area contributed by atoms with Gasteiger partial charge in [-0.05, 0) is 49.5 Å². The number of aryl methyl sites for hydroxylation is 1. The average molecular weight is 404 g/mol. The quantitative estimate of drug-likeness (QED) is 0.591. The third kappa shape index (κ3) is 3.26. The molecule has 150 valence electrons. The van der Waals surface area contributed by atoms with Crippen molar-refractivity contribution in [1.82, 2.24) is 0 Å². The van der Waals surface area contributed by atoms with Crippen LogP contribution in [0.5, 0.6) is 0 Å². The molecule has 28 heavy (non-hydrogen) atoms. The van der Waals surface area contributed by atoms with Crippen molar-refractivity contribution in [2.45, 2.75) is 44.9 Å². The SMILES string of the molecule is COC(=O)c1c(NC(=O)[C@H]2[C@@H](C(=O)O)[C@H]3C=C[C@H]2C3)sc2c1CCCCCC2. The summed E-state index contributed by atoms with van der Waals surface area (Å²) in [5, 5.41) is 13.0. The van der Waals surface area contributed by atoms with E-state index in [0.717, 1.165) is 42.5 Å². The van der Waals surface area contributed by atoms with Crippen LogP contribution in [0.1, 0.15) is 52.9 Å². The summed E-state index contributed by atoms with van der Waals surface area (Å²) < 4.78 is 5.00. The zero-order valence-corrected chi connectivity index (χ0v) is 16.7. The van der Waals surface area contributed by atoms with Crippen LogP contribution in [0.2, 0.25) is 0 Å². The predicted octanol–water partition coefficient (Wildman–Crippen LogP) is 3.66. The van der Waals surface area contributed by atoms with Crippen molar-refractivity contribution < 1.29 is 24.2 Å². The van der Waals surface area contributed by atoms with Gasteiger partial charge in [0.25, 0.3) is 0 Å². The van der Waals surface area contributed by atoms with E-state index in [-0.39, 0.29) is 17.7 Å². The van der Waals surface area contributed by atoms with Crippen molar-refractivity contribution in [3.8, 4) is 0 Å². The van der Waals surface area contributed by atoms with E-state index in [2.05, 4.69) is 5.32 Å². The molecule has 6 nitrogen and oxygen atoms in total. The lowest BCUT2D eigenvalue weighted by Crippen LogP contribution is -2.36. The first-order valence-electron chi connectivity index (χ1n) is 9.96. The van der Waals surface area contributed by atoms with Crippen molar-refractivity contribution in [1.29, 1.82) is 0 Å². The number of thiophene rings is 1. The normalized spacial score (nSPS) is 28.3. The topological polar surface area (TPSA) is 92.7 Å². The van der Waals surface area contributed by atoms with Crippen molar-refractivity contribution in [3.05, 3.63) is 28.2 Å². The molecule has 3 aliphatic rings. The van der Waals surface area contributed by atoms with Gasteiger partial charge >= 0.3 is 11.9 Å². The van der Waals surface area contributed by atoms with Crippen molar-refractivity contribution >= 4 is 34.2 Å². The maximum Gasteiger partial charge on any atom is 0.341 e. The second-order valence-electron chi connectivity index (χ2n) is 7.94. The second-order valence-corrected chi connectivity index (χ2v) is 9.05. The van der Waals surface area contributed by atoms with Gasteiger partial charge in [-0.2, -0.15) is 0 Å². The maximum absolute atomic E-state index is 13.1. The third-order valence-corrected chi connectivity index (χ3v) is 7.55. The number of amides is 1. The van der Waals surface area contributed by atoms with E-state index in [9.17, 15) is 19.5 Å². The fraction of sp³-hybridized carbons (Fsp3) is 0.571. The molecule has 1 saturated carbocycles. The van der Waals surface area contributed by atoms with Gasteiger partial charge in [-0.1, -0.05) is 25.0 Å². The molecule has 0 aromatic carbocycles. The van der Waals surface area contributed by atoms with Crippen molar-refractivity contribution in [3.63, 3.8) is 0 Å². The van der Waals surface area contributed by atoms with Crippen LogP contribution in [0.3, 0.4) is 0 Å². The van der Waals surface area contributed by atoms with Gasteiger partial charge in [0.2, 0.25) is 5.91 Å². The minimum Gasteiger partial charge on any atom is -0.481 e. The van der Waals surface area contributed by atoms with Crippen LogP contribution in [-0.2, 0) is 27.2 Å². The highest BCUT2D eigenvalue weighted by Gasteiger charge is 2.51. The Morgan fingerprint density at radius 1 is 1.07 bits per heavy atom. The number of carboxylic acids is 1. The first-order chi connectivity index (χ1) is 13.5. The summed E-state index contributed by atoms with van der Waals surface area (Å²) in [6, 6.07) is 0. The van der Waals surface area contributed by atoms with E-state index in [1.807, 2.05) is 12.2 Å². The number of carbonyl (C=O) groups is 3. The lowest BCUT2D eigenvalue weighted by molar-refractivity contribution is -0.146. The Bertz CT molecular complexity index is 842. The van der Waals surface area contributed by atoms with E-state index in [4.69, 9.17) is 4.74 Å². The van der Waals surface area contributed by atoms with Gasteiger partial charge in [-0.3, -0.25) is 9.59 Å². The van der Waals surface area contributed by atoms with Gasteiger partial charge in [-0.15, -0.1) is 11.3 Å². The van der Waals surface area contributed by atoms with Crippen LogP contribution >= 0.6 is 11.3 Å². The molecule has 4 atom stereocenters. The van der Waals surface area contributed by atoms with E-state index >= 15 is 0 Å². The maximum atomic E-state index is 13.1. The minimum absolute atomic E-state index is 0.0475. The number of carboxylic acid groups (broad SMARTS) is 1. The van der Waals surface area contributed by atoms with Gasteiger partial charge in [0.1, 0.15) is 5.00 Å². The molecule has 0 radical (unpaired) electrons. The summed E-state index contributed by atoms with van der Waals surface area (Å²) in [6.45, 7) is 0.